The van der Waals surface area contributed by atoms with Crippen LogP contribution in [0, 0.1) is 0 Å². The number of rotatable bonds is 4. The van der Waals surface area contributed by atoms with Gasteiger partial charge in [0.1, 0.15) is 17.0 Å². The van der Waals surface area contributed by atoms with E-state index in [-0.39, 0.29) is 11.8 Å². The molecule has 0 unspecified atom stereocenters. The molecule has 0 spiro atoms. The summed E-state index contributed by atoms with van der Waals surface area (Å²) in [6.45, 7) is 0.454. The SMILES string of the molecule is O=C1CCC(C(=O)NCCc2nn3cnnc3s2)=NN1. The van der Waals surface area contributed by atoms with E-state index in [0.29, 0.717) is 31.5 Å². The number of amides is 2. The maximum Gasteiger partial charge on any atom is 0.267 e. The number of hydrogen-bond acceptors (Lipinski definition) is 7. The standard InChI is InChI=1S/C10H11N7O2S/c18-7-2-1-6(13-14-7)9(19)11-4-3-8-16-17-5-12-15-10(17)20-8/h5H,1-4H2,(H,11,19)(H,14,18). The number of hydrazone groups is 1. The van der Waals surface area contributed by atoms with Crippen molar-refractivity contribution in [1.29, 1.82) is 0 Å². The van der Waals surface area contributed by atoms with Gasteiger partial charge in [-0.05, 0) is 0 Å². The molecular weight excluding hydrogens is 282 g/mol. The minimum Gasteiger partial charge on any atom is -0.351 e. The predicted molar refractivity (Wildman–Crippen MR) is 70.2 cm³/mol. The predicted octanol–water partition coefficient (Wildman–Crippen LogP) is -0.889. The van der Waals surface area contributed by atoms with Gasteiger partial charge in [-0.25, -0.2) is 5.43 Å². The molecule has 1 aliphatic rings. The third kappa shape index (κ3) is 2.64. The average molecular weight is 293 g/mol. The normalized spacial score (nSPS) is 15.0. The molecule has 0 saturated heterocycles. The minimum absolute atomic E-state index is 0.165. The molecule has 2 amide bonds. The molecule has 0 fully saturated rings. The van der Waals surface area contributed by atoms with Crippen LogP contribution >= 0.6 is 11.3 Å². The van der Waals surface area contributed by atoms with Crippen LogP contribution in [0.3, 0.4) is 0 Å². The second-order valence-electron chi connectivity index (χ2n) is 4.15. The van der Waals surface area contributed by atoms with E-state index in [0.717, 1.165) is 9.97 Å². The molecule has 3 rings (SSSR count). The van der Waals surface area contributed by atoms with E-state index in [1.807, 2.05) is 0 Å². The van der Waals surface area contributed by atoms with Gasteiger partial charge in [0.25, 0.3) is 5.91 Å². The summed E-state index contributed by atoms with van der Waals surface area (Å²) in [7, 11) is 0. The molecule has 0 aliphatic carbocycles. The van der Waals surface area contributed by atoms with Crippen LogP contribution in [0.15, 0.2) is 11.4 Å². The largest absolute Gasteiger partial charge is 0.351 e. The second-order valence-corrected chi connectivity index (χ2v) is 5.19. The molecular formula is C10H11N7O2S. The van der Waals surface area contributed by atoms with Crippen molar-refractivity contribution in [1.82, 2.24) is 30.6 Å². The lowest BCUT2D eigenvalue weighted by molar-refractivity contribution is -0.121. The Kier molecular flexibility index (Phi) is 3.37. The van der Waals surface area contributed by atoms with Crippen molar-refractivity contribution in [3.63, 3.8) is 0 Å². The Morgan fingerprint density at radius 2 is 2.40 bits per heavy atom. The lowest BCUT2D eigenvalue weighted by atomic mass is 10.1. The average Bonchev–Trinajstić information content (AvgIpc) is 3.00. The van der Waals surface area contributed by atoms with E-state index >= 15 is 0 Å². The van der Waals surface area contributed by atoms with Crippen LogP contribution < -0.4 is 10.7 Å². The topological polar surface area (TPSA) is 114 Å². The monoisotopic (exact) mass is 293 g/mol. The van der Waals surface area contributed by atoms with Gasteiger partial charge >= 0.3 is 0 Å². The van der Waals surface area contributed by atoms with Gasteiger partial charge in [0, 0.05) is 25.8 Å². The van der Waals surface area contributed by atoms with Gasteiger partial charge in [-0.15, -0.1) is 10.2 Å². The molecule has 1 aliphatic heterocycles. The van der Waals surface area contributed by atoms with Crippen molar-refractivity contribution in [3.8, 4) is 0 Å². The van der Waals surface area contributed by atoms with Gasteiger partial charge < -0.3 is 5.32 Å². The van der Waals surface area contributed by atoms with Crippen LogP contribution in [-0.4, -0.2) is 43.9 Å². The van der Waals surface area contributed by atoms with Crippen LogP contribution in [0.25, 0.3) is 4.96 Å². The highest BCUT2D eigenvalue weighted by atomic mass is 32.1. The zero-order valence-electron chi connectivity index (χ0n) is 10.4. The Balaban J connectivity index is 1.51. The maximum absolute atomic E-state index is 11.8. The van der Waals surface area contributed by atoms with E-state index in [1.165, 1.54) is 17.7 Å². The van der Waals surface area contributed by atoms with Gasteiger partial charge in [0.2, 0.25) is 10.9 Å². The number of fused-ring (bicyclic) bond motifs is 1. The number of nitrogens with one attached hydrogen (secondary N) is 2. The molecule has 3 heterocycles. The molecule has 10 heteroatoms. The maximum atomic E-state index is 11.8. The number of carbonyl (C=O) groups excluding carboxylic acids is 2. The summed E-state index contributed by atoms with van der Waals surface area (Å²) in [6, 6.07) is 0. The Hall–Kier alpha value is -2.36. The number of carbonyl (C=O) groups is 2. The summed E-state index contributed by atoms with van der Waals surface area (Å²) in [5.41, 5.74) is 2.64. The zero-order valence-corrected chi connectivity index (χ0v) is 11.2. The lowest BCUT2D eigenvalue weighted by Crippen LogP contribution is -2.37. The quantitative estimate of drug-likeness (QED) is 0.759. The highest BCUT2D eigenvalue weighted by molar-refractivity contribution is 7.16. The first kappa shape index (κ1) is 12.7. The van der Waals surface area contributed by atoms with Crippen molar-refractivity contribution >= 4 is 33.8 Å². The van der Waals surface area contributed by atoms with Gasteiger partial charge in [-0.2, -0.15) is 14.7 Å². The van der Waals surface area contributed by atoms with E-state index in [2.05, 4.69) is 31.1 Å². The van der Waals surface area contributed by atoms with Crippen LogP contribution in [-0.2, 0) is 16.0 Å². The summed E-state index contributed by atoms with van der Waals surface area (Å²) in [5.74, 6) is -0.422. The van der Waals surface area contributed by atoms with Crippen LogP contribution in [0.5, 0.6) is 0 Å². The first-order valence-corrected chi connectivity index (χ1v) is 6.83. The number of hydrogen-bond donors (Lipinski definition) is 2. The van der Waals surface area contributed by atoms with Crippen LogP contribution in [0.4, 0.5) is 0 Å². The summed E-state index contributed by atoms with van der Waals surface area (Å²) in [5, 5.41) is 19.2. The molecule has 2 N–H and O–H groups in total. The van der Waals surface area contributed by atoms with Gasteiger partial charge in [0.05, 0.1) is 0 Å². The molecule has 2 aromatic rings. The van der Waals surface area contributed by atoms with Crippen molar-refractivity contribution in [2.75, 3.05) is 6.54 Å². The summed E-state index contributed by atoms with van der Waals surface area (Å²) in [4.78, 5) is 23.4. The summed E-state index contributed by atoms with van der Waals surface area (Å²) in [6.07, 6.45) is 2.81. The Labute approximate surface area is 117 Å². The third-order valence-corrected chi connectivity index (χ3v) is 3.69. The first-order valence-electron chi connectivity index (χ1n) is 6.02. The summed E-state index contributed by atoms with van der Waals surface area (Å²) >= 11 is 1.43. The van der Waals surface area contributed by atoms with Crippen LogP contribution in [0.1, 0.15) is 17.8 Å². The number of aromatic nitrogens is 4. The molecule has 104 valence electrons. The Morgan fingerprint density at radius 1 is 1.50 bits per heavy atom. The zero-order chi connectivity index (χ0) is 13.9. The Bertz CT molecular complexity index is 660. The highest BCUT2D eigenvalue weighted by Gasteiger charge is 2.17. The van der Waals surface area contributed by atoms with Crippen molar-refractivity contribution < 1.29 is 9.59 Å². The van der Waals surface area contributed by atoms with E-state index in [9.17, 15) is 9.59 Å². The molecule has 20 heavy (non-hydrogen) atoms. The fraction of sp³-hybridized carbons (Fsp3) is 0.400. The Morgan fingerprint density at radius 3 is 3.15 bits per heavy atom. The molecule has 0 atom stereocenters. The molecule has 0 bridgehead atoms. The molecule has 9 nitrogen and oxygen atoms in total. The smallest absolute Gasteiger partial charge is 0.267 e. The first-order chi connectivity index (χ1) is 9.72. The fourth-order valence-electron chi connectivity index (χ4n) is 1.72. The third-order valence-electron chi connectivity index (χ3n) is 2.72. The van der Waals surface area contributed by atoms with Crippen LogP contribution in [0.2, 0.25) is 0 Å². The van der Waals surface area contributed by atoms with Gasteiger partial charge in [-0.1, -0.05) is 11.3 Å². The van der Waals surface area contributed by atoms with E-state index in [1.54, 1.807) is 4.52 Å². The molecule has 0 saturated carbocycles. The molecule has 0 radical (unpaired) electrons. The van der Waals surface area contributed by atoms with E-state index < -0.39 is 0 Å². The fourth-order valence-corrected chi connectivity index (χ4v) is 2.54. The van der Waals surface area contributed by atoms with Crippen molar-refractivity contribution in [3.05, 3.63) is 11.3 Å². The van der Waals surface area contributed by atoms with E-state index in [4.69, 9.17) is 0 Å². The lowest BCUT2D eigenvalue weighted by Gasteiger charge is -2.11. The number of nitrogens with zero attached hydrogens (tertiary/aromatic N) is 5. The van der Waals surface area contributed by atoms with Gasteiger partial charge in [-0.3, -0.25) is 9.59 Å². The van der Waals surface area contributed by atoms with Crippen molar-refractivity contribution in [2.24, 2.45) is 5.10 Å². The summed E-state index contributed by atoms with van der Waals surface area (Å²) < 4.78 is 1.60. The minimum atomic E-state index is -0.256. The second kappa shape index (κ2) is 5.33. The van der Waals surface area contributed by atoms with Crippen molar-refractivity contribution in [2.45, 2.75) is 19.3 Å². The molecule has 2 aromatic heterocycles. The van der Waals surface area contributed by atoms with Gasteiger partial charge in [0.15, 0.2) is 0 Å². The highest BCUT2D eigenvalue weighted by Crippen LogP contribution is 2.11. The molecule has 0 aromatic carbocycles.